The Kier molecular flexibility index (Phi) is 7.72. The highest BCUT2D eigenvalue weighted by Gasteiger charge is 2.06. The molecule has 1 unspecified atom stereocenters. The highest BCUT2D eigenvalue weighted by Crippen LogP contribution is 2.16. The first-order valence-corrected chi connectivity index (χ1v) is 6.49. The van der Waals surface area contributed by atoms with Crippen molar-refractivity contribution in [2.45, 2.75) is 46.6 Å². The lowest BCUT2D eigenvalue weighted by Gasteiger charge is -2.12. The van der Waals surface area contributed by atoms with E-state index in [2.05, 4.69) is 38.2 Å². The van der Waals surface area contributed by atoms with E-state index in [4.69, 9.17) is 5.73 Å². The van der Waals surface area contributed by atoms with Crippen LogP contribution >= 0.6 is 12.4 Å². The van der Waals surface area contributed by atoms with Crippen LogP contribution in [-0.4, -0.2) is 18.5 Å². The number of nitrogens with two attached hydrogens (primary N) is 1. The summed E-state index contributed by atoms with van der Waals surface area (Å²) in [4.78, 5) is 11.5. The molecule has 1 aromatic rings. The van der Waals surface area contributed by atoms with E-state index in [9.17, 15) is 4.79 Å². The third kappa shape index (κ3) is 6.08. The molecule has 1 aromatic carbocycles. The van der Waals surface area contributed by atoms with Crippen LogP contribution in [0.1, 0.15) is 35.6 Å². The van der Waals surface area contributed by atoms with Crippen LogP contribution in [0.3, 0.4) is 0 Å². The third-order valence-corrected chi connectivity index (χ3v) is 3.04. The lowest BCUT2D eigenvalue weighted by atomic mass is 9.97. The SMILES string of the molecule is Cc1cc(C)c(CCNC(=O)CC(C)N)c(C)c1.Cl. The molecule has 0 aliphatic heterocycles. The Hall–Kier alpha value is -1.06. The molecule has 0 bridgehead atoms. The van der Waals surface area contributed by atoms with Crippen molar-refractivity contribution in [3.63, 3.8) is 0 Å². The van der Waals surface area contributed by atoms with Gasteiger partial charge in [-0.15, -0.1) is 12.4 Å². The van der Waals surface area contributed by atoms with Crippen molar-refractivity contribution in [1.29, 1.82) is 0 Å². The molecule has 0 aromatic heterocycles. The predicted octanol–water partition coefficient (Wildman–Crippen LogP) is 2.43. The van der Waals surface area contributed by atoms with Crippen molar-refractivity contribution >= 4 is 18.3 Å². The third-order valence-electron chi connectivity index (χ3n) is 3.04. The molecule has 0 fully saturated rings. The Morgan fingerprint density at radius 2 is 1.79 bits per heavy atom. The summed E-state index contributed by atoms with van der Waals surface area (Å²) in [5.41, 5.74) is 10.8. The van der Waals surface area contributed by atoms with E-state index in [0.29, 0.717) is 13.0 Å². The predicted molar refractivity (Wildman–Crippen MR) is 82.9 cm³/mol. The number of hydrogen-bond acceptors (Lipinski definition) is 2. The van der Waals surface area contributed by atoms with Crippen molar-refractivity contribution in [2.75, 3.05) is 6.54 Å². The summed E-state index contributed by atoms with van der Waals surface area (Å²) < 4.78 is 0. The molecule has 0 spiro atoms. The number of benzene rings is 1. The van der Waals surface area contributed by atoms with E-state index in [0.717, 1.165) is 6.42 Å². The first-order valence-electron chi connectivity index (χ1n) is 6.49. The average Bonchev–Trinajstić information content (AvgIpc) is 2.20. The molecular formula is C15H25ClN2O. The molecule has 4 heteroatoms. The first kappa shape index (κ1) is 17.9. The van der Waals surface area contributed by atoms with Crippen LogP contribution in [0.4, 0.5) is 0 Å². The molecule has 1 amide bonds. The normalized spacial score (nSPS) is 11.6. The van der Waals surface area contributed by atoms with Crippen LogP contribution in [-0.2, 0) is 11.2 Å². The maximum Gasteiger partial charge on any atom is 0.221 e. The lowest BCUT2D eigenvalue weighted by Crippen LogP contribution is -2.31. The summed E-state index contributed by atoms with van der Waals surface area (Å²) in [6.45, 7) is 8.87. The summed E-state index contributed by atoms with van der Waals surface area (Å²) in [5.74, 6) is 0.0346. The summed E-state index contributed by atoms with van der Waals surface area (Å²) in [5, 5.41) is 2.91. The van der Waals surface area contributed by atoms with Gasteiger partial charge >= 0.3 is 0 Å². The number of nitrogens with one attached hydrogen (secondary N) is 1. The van der Waals surface area contributed by atoms with Crippen LogP contribution in [0.5, 0.6) is 0 Å². The second-order valence-corrected chi connectivity index (χ2v) is 5.16. The fourth-order valence-corrected chi connectivity index (χ4v) is 2.30. The Morgan fingerprint density at radius 3 is 2.26 bits per heavy atom. The van der Waals surface area contributed by atoms with Crippen LogP contribution in [0.25, 0.3) is 0 Å². The van der Waals surface area contributed by atoms with Gasteiger partial charge in [-0.05, 0) is 50.8 Å². The molecule has 0 aliphatic carbocycles. The highest BCUT2D eigenvalue weighted by molar-refractivity contribution is 5.85. The van der Waals surface area contributed by atoms with Crippen LogP contribution < -0.4 is 11.1 Å². The van der Waals surface area contributed by atoms with Crippen LogP contribution in [0.15, 0.2) is 12.1 Å². The van der Waals surface area contributed by atoms with E-state index in [1.54, 1.807) is 0 Å². The van der Waals surface area contributed by atoms with Gasteiger partial charge in [0.2, 0.25) is 5.91 Å². The molecule has 19 heavy (non-hydrogen) atoms. The van der Waals surface area contributed by atoms with Gasteiger partial charge in [0.15, 0.2) is 0 Å². The van der Waals surface area contributed by atoms with E-state index in [-0.39, 0.29) is 24.4 Å². The standard InChI is InChI=1S/C15H24N2O.ClH/c1-10-7-11(2)14(12(3)8-10)5-6-17-15(18)9-13(4)16;/h7-8,13H,5-6,9,16H2,1-4H3,(H,17,18);1H. The average molecular weight is 285 g/mol. The highest BCUT2D eigenvalue weighted by atomic mass is 35.5. The molecule has 0 saturated carbocycles. The minimum absolute atomic E-state index is 0. The Labute approximate surface area is 122 Å². The lowest BCUT2D eigenvalue weighted by molar-refractivity contribution is -0.121. The molecule has 0 saturated heterocycles. The smallest absolute Gasteiger partial charge is 0.221 e. The zero-order valence-electron chi connectivity index (χ0n) is 12.2. The second kappa shape index (κ2) is 8.18. The number of hydrogen-bond donors (Lipinski definition) is 2. The van der Waals surface area contributed by atoms with Crippen molar-refractivity contribution in [3.05, 3.63) is 34.4 Å². The molecule has 0 heterocycles. The van der Waals surface area contributed by atoms with Crippen molar-refractivity contribution in [3.8, 4) is 0 Å². The number of rotatable bonds is 5. The molecule has 108 valence electrons. The Bertz CT molecular complexity index is 407. The summed E-state index contributed by atoms with van der Waals surface area (Å²) in [6.07, 6.45) is 1.27. The summed E-state index contributed by atoms with van der Waals surface area (Å²) in [6, 6.07) is 4.30. The molecule has 0 aliphatic rings. The first-order chi connectivity index (χ1) is 8.40. The van der Waals surface area contributed by atoms with Gasteiger partial charge in [0.1, 0.15) is 0 Å². The minimum Gasteiger partial charge on any atom is -0.356 e. The van der Waals surface area contributed by atoms with Crippen molar-refractivity contribution < 1.29 is 4.79 Å². The molecule has 1 atom stereocenters. The molecule has 1 rings (SSSR count). The topological polar surface area (TPSA) is 55.1 Å². The largest absolute Gasteiger partial charge is 0.356 e. The van der Waals surface area contributed by atoms with E-state index in [1.807, 2.05) is 6.92 Å². The quantitative estimate of drug-likeness (QED) is 0.872. The fourth-order valence-electron chi connectivity index (χ4n) is 2.30. The number of aryl methyl sites for hydroxylation is 3. The fraction of sp³-hybridized carbons (Fsp3) is 0.533. The monoisotopic (exact) mass is 284 g/mol. The van der Waals surface area contributed by atoms with Crippen LogP contribution in [0.2, 0.25) is 0 Å². The van der Waals surface area contributed by atoms with Gasteiger partial charge in [-0.25, -0.2) is 0 Å². The van der Waals surface area contributed by atoms with Crippen molar-refractivity contribution in [2.24, 2.45) is 5.73 Å². The zero-order chi connectivity index (χ0) is 13.7. The van der Waals surface area contributed by atoms with Gasteiger partial charge in [0.25, 0.3) is 0 Å². The van der Waals surface area contributed by atoms with Crippen molar-refractivity contribution in [1.82, 2.24) is 5.32 Å². The maximum atomic E-state index is 11.5. The molecule has 0 radical (unpaired) electrons. The summed E-state index contributed by atoms with van der Waals surface area (Å²) in [7, 11) is 0. The number of halogens is 1. The number of carbonyl (C=O) groups excluding carboxylic acids is 1. The number of amides is 1. The molecule has 3 nitrogen and oxygen atoms in total. The van der Waals surface area contributed by atoms with Gasteiger partial charge in [-0.1, -0.05) is 17.7 Å². The van der Waals surface area contributed by atoms with Gasteiger partial charge in [-0.3, -0.25) is 4.79 Å². The van der Waals surface area contributed by atoms with Gasteiger partial charge < -0.3 is 11.1 Å². The summed E-state index contributed by atoms with van der Waals surface area (Å²) >= 11 is 0. The maximum absolute atomic E-state index is 11.5. The van der Waals surface area contributed by atoms with Gasteiger partial charge in [-0.2, -0.15) is 0 Å². The Morgan fingerprint density at radius 1 is 1.26 bits per heavy atom. The van der Waals surface area contributed by atoms with E-state index >= 15 is 0 Å². The number of carbonyl (C=O) groups is 1. The minimum atomic E-state index is -0.0761. The van der Waals surface area contributed by atoms with Crippen LogP contribution in [0, 0.1) is 20.8 Å². The van der Waals surface area contributed by atoms with Gasteiger partial charge in [0, 0.05) is 19.0 Å². The second-order valence-electron chi connectivity index (χ2n) is 5.16. The molecular weight excluding hydrogens is 260 g/mol. The Balaban J connectivity index is 0.00000324. The molecule has 3 N–H and O–H groups in total. The van der Waals surface area contributed by atoms with Gasteiger partial charge in [0.05, 0.1) is 0 Å². The van der Waals surface area contributed by atoms with E-state index in [1.165, 1.54) is 22.3 Å². The van der Waals surface area contributed by atoms with E-state index < -0.39 is 0 Å². The zero-order valence-corrected chi connectivity index (χ0v) is 13.1.